The number of nitrogens with one attached hydrogen (secondary N) is 1. The molecule has 94 valence electrons. The second-order valence-corrected chi connectivity index (χ2v) is 4.56. The van der Waals surface area contributed by atoms with Crippen molar-refractivity contribution in [1.82, 2.24) is 9.55 Å². The van der Waals surface area contributed by atoms with Crippen LogP contribution in [0.1, 0.15) is 31.9 Å². The van der Waals surface area contributed by atoms with Crippen molar-refractivity contribution in [1.29, 1.82) is 0 Å². The molecule has 2 unspecified atom stereocenters. The molecule has 5 nitrogen and oxygen atoms in total. The smallest absolute Gasteiger partial charge is 0.329 e. The first-order chi connectivity index (χ1) is 8.06. The van der Waals surface area contributed by atoms with Gasteiger partial charge in [0.05, 0.1) is 17.7 Å². The summed E-state index contributed by atoms with van der Waals surface area (Å²) in [6.07, 6.45) is 1.05. The van der Waals surface area contributed by atoms with E-state index >= 15 is 0 Å². The minimum atomic E-state index is -0.459. The quantitative estimate of drug-likeness (QED) is 0.808. The Morgan fingerprint density at radius 2 is 2.24 bits per heavy atom. The van der Waals surface area contributed by atoms with Crippen LogP contribution in [0.3, 0.4) is 0 Å². The van der Waals surface area contributed by atoms with Crippen LogP contribution in [0.5, 0.6) is 0 Å². The third-order valence-electron chi connectivity index (χ3n) is 3.20. The molecule has 0 amide bonds. The molecule has 0 bridgehead atoms. The molecular formula is C11H15ClN2O3. The molecule has 1 saturated heterocycles. The van der Waals surface area contributed by atoms with E-state index in [1.54, 1.807) is 0 Å². The zero-order valence-corrected chi connectivity index (χ0v) is 10.6. The Kier molecular flexibility index (Phi) is 3.40. The highest BCUT2D eigenvalue weighted by Crippen LogP contribution is 2.23. The Balaban J connectivity index is 2.61. The van der Waals surface area contributed by atoms with Crippen LogP contribution in [0, 0.1) is 0 Å². The van der Waals surface area contributed by atoms with E-state index in [1.807, 2.05) is 13.8 Å². The summed E-state index contributed by atoms with van der Waals surface area (Å²) in [5.74, 6) is 0. The number of aromatic nitrogens is 2. The number of nitrogens with zero attached hydrogens (tertiary/aromatic N) is 1. The summed E-state index contributed by atoms with van der Waals surface area (Å²) in [7, 11) is 0. The number of hydrogen-bond acceptors (Lipinski definition) is 3. The van der Waals surface area contributed by atoms with E-state index in [9.17, 15) is 9.59 Å². The van der Waals surface area contributed by atoms with Crippen LogP contribution in [0.25, 0.3) is 0 Å². The van der Waals surface area contributed by atoms with Crippen molar-refractivity contribution in [3.8, 4) is 0 Å². The van der Waals surface area contributed by atoms with Gasteiger partial charge in [0, 0.05) is 6.61 Å². The maximum Gasteiger partial charge on any atom is 0.329 e. The summed E-state index contributed by atoms with van der Waals surface area (Å²) in [6.45, 7) is 4.27. The van der Waals surface area contributed by atoms with Gasteiger partial charge in [-0.05, 0) is 19.8 Å². The minimum absolute atomic E-state index is 0.125. The zero-order chi connectivity index (χ0) is 12.6. The molecule has 0 aliphatic carbocycles. The van der Waals surface area contributed by atoms with E-state index in [4.69, 9.17) is 16.3 Å². The lowest BCUT2D eigenvalue weighted by atomic mass is 10.1. The molecule has 1 aromatic heterocycles. The first kappa shape index (κ1) is 12.4. The fourth-order valence-electron chi connectivity index (χ4n) is 2.23. The number of ether oxygens (including phenoxy) is 1. The van der Waals surface area contributed by atoms with Gasteiger partial charge in [0.2, 0.25) is 0 Å². The highest BCUT2D eigenvalue weighted by molar-refractivity contribution is 6.30. The molecule has 1 aliphatic rings. The maximum atomic E-state index is 12.2. The van der Waals surface area contributed by atoms with E-state index in [2.05, 4.69) is 4.98 Å². The maximum absolute atomic E-state index is 12.2. The predicted molar refractivity (Wildman–Crippen MR) is 64.8 cm³/mol. The third-order valence-corrected chi connectivity index (χ3v) is 3.52. The van der Waals surface area contributed by atoms with E-state index in [-0.39, 0.29) is 22.9 Å². The van der Waals surface area contributed by atoms with Crippen LogP contribution in [0.15, 0.2) is 9.59 Å². The van der Waals surface area contributed by atoms with E-state index < -0.39 is 5.69 Å². The first-order valence-corrected chi connectivity index (χ1v) is 6.08. The standard InChI is InChI=1S/C11H15ClN2O3/c1-3-7-9(12)13-11(16)14(10(7)15)8-4-5-17-6(8)2/h6,8H,3-5H2,1-2H3,(H,13,16). The van der Waals surface area contributed by atoms with Crippen molar-refractivity contribution in [2.45, 2.75) is 38.8 Å². The number of H-pyrrole nitrogens is 1. The normalized spacial score (nSPS) is 24.2. The lowest BCUT2D eigenvalue weighted by Gasteiger charge is -2.17. The Labute approximate surface area is 103 Å². The second kappa shape index (κ2) is 4.66. The van der Waals surface area contributed by atoms with Gasteiger partial charge in [-0.2, -0.15) is 0 Å². The van der Waals surface area contributed by atoms with Gasteiger partial charge >= 0.3 is 5.69 Å². The summed E-state index contributed by atoms with van der Waals surface area (Å²) < 4.78 is 6.63. The average molecular weight is 259 g/mol. The number of rotatable bonds is 2. The van der Waals surface area contributed by atoms with Gasteiger partial charge in [-0.15, -0.1) is 0 Å². The molecule has 2 heterocycles. The molecular weight excluding hydrogens is 244 g/mol. The molecule has 1 N–H and O–H groups in total. The molecule has 0 saturated carbocycles. The van der Waals surface area contributed by atoms with Crippen molar-refractivity contribution < 1.29 is 4.74 Å². The highest BCUT2D eigenvalue weighted by atomic mass is 35.5. The van der Waals surface area contributed by atoms with Crippen LogP contribution >= 0.6 is 11.6 Å². The molecule has 1 fully saturated rings. The van der Waals surface area contributed by atoms with Crippen LogP contribution < -0.4 is 11.2 Å². The second-order valence-electron chi connectivity index (χ2n) is 4.18. The largest absolute Gasteiger partial charge is 0.376 e. The van der Waals surface area contributed by atoms with Gasteiger partial charge < -0.3 is 4.74 Å². The van der Waals surface area contributed by atoms with Crippen molar-refractivity contribution >= 4 is 11.6 Å². The van der Waals surface area contributed by atoms with Gasteiger partial charge in [-0.1, -0.05) is 18.5 Å². The van der Waals surface area contributed by atoms with E-state index in [0.717, 1.165) is 0 Å². The lowest BCUT2D eigenvalue weighted by Crippen LogP contribution is -2.41. The van der Waals surface area contributed by atoms with Crippen molar-refractivity contribution in [3.63, 3.8) is 0 Å². The van der Waals surface area contributed by atoms with Gasteiger partial charge in [0.15, 0.2) is 0 Å². The van der Waals surface area contributed by atoms with Crippen molar-refractivity contribution in [3.05, 3.63) is 31.6 Å². The van der Waals surface area contributed by atoms with Gasteiger partial charge in [-0.25, -0.2) is 4.79 Å². The molecule has 0 spiro atoms. The van der Waals surface area contributed by atoms with Gasteiger partial charge in [0.25, 0.3) is 5.56 Å². The van der Waals surface area contributed by atoms with Crippen molar-refractivity contribution in [2.75, 3.05) is 6.61 Å². The zero-order valence-electron chi connectivity index (χ0n) is 9.83. The number of aromatic amines is 1. The van der Waals surface area contributed by atoms with E-state index in [1.165, 1.54) is 4.57 Å². The molecule has 6 heteroatoms. The molecule has 17 heavy (non-hydrogen) atoms. The Bertz CT molecular complexity index is 534. The molecule has 1 aliphatic heterocycles. The number of hydrogen-bond donors (Lipinski definition) is 1. The predicted octanol–water partition coefficient (Wildman–Crippen LogP) is 1.10. The SMILES string of the molecule is CCc1c(Cl)[nH]c(=O)n(C2CCOC2C)c1=O. The summed E-state index contributed by atoms with van der Waals surface area (Å²) in [6, 6.07) is -0.200. The summed E-state index contributed by atoms with van der Waals surface area (Å²) in [5, 5.41) is 0.144. The van der Waals surface area contributed by atoms with Gasteiger partial charge in [-0.3, -0.25) is 14.3 Å². The summed E-state index contributed by atoms with van der Waals surface area (Å²) >= 11 is 5.85. The van der Waals surface area contributed by atoms with Crippen LogP contribution in [0.2, 0.25) is 5.15 Å². The van der Waals surface area contributed by atoms with Crippen LogP contribution in [-0.4, -0.2) is 22.3 Å². The average Bonchev–Trinajstić information content (AvgIpc) is 2.65. The molecule has 1 aromatic rings. The first-order valence-electron chi connectivity index (χ1n) is 5.71. The third kappa shape index (κ3) is 2.05. The monoisotopic (exact) mass is 258 g/mol. The minimum Gasteiger partial charge on any atom is -0.376 e. The summed E-state index contributed by atoms with van der Waals surface area (Å²) in [4.78, 5) is 26.5. The summed E-state index contributed by atoms with van der Waals surface area (Å²) in [5.41, 5.74) is -0.312. The Morgan fingerprint density at radius 3 is 2.76 bits per heavy atom. The fourth-order valence-corrected chi connectivity index (χ4v) is 2.52. The number of halogens is 1. The van der Waals surface area contributed by atoms with E-state index in [0.29, 0.717) is 25.0 Å². The van der Waals surface area contributed by atoms with Crippen LogP contribution in [-0.2, 0) is 11.2 Å². The lowest BCUT2D eigenvalue weighted by molar-refractivity contribution is 0.106. The van der Waals surface area contributed by atoms with Gasteiger partial charge in [0.1, 0.15) is 5.15 Å². The highest BCUT2D eigenvalue weighted by Gasteiger charge is 2.29. The fraction of sp³-hybridized carbons (Fsp3) is 0.636. The Hall–Kier alpha value is -1.07. The molecule has 0 aromatic carbocycles. The van der Waals surface area contributed by atoms with Crippen molar-refractivity contribution in [2.24, 2.45) is 0 Å². The topological polar surface area (TPSA) is 64.1 Å². The molecule has 2 atom stereocenters. The molecule has 0 radical (unpaired) electrons. The molecule has 2 rings (SSSR count). The Morgan fingerprint density at radius 1 is 1.53 bits per heavy atom. The van der Waals surface area contributed by atoms with Crippen LogP contribution in [0.4, 0.5) is 0 Å².